The molecule has 0 saturated heterocycles. The van der Waals surface area contributed by atoms with Gasteiger partial charge < -0.3 is 10.5 Å². The van der Waals surface area contributed by atoms with Gasteiger partial charge in [0.25, 0.3) is 5.91 Å². The van der Waals surface area contributed by atoms with Gasteiger partial charge >= 0.3 is 0 Å². The molecule has 0 saturated carbocycles. The number of nitrogens with one attached hydrogen (secondary N) is 1. The average Bonchev–Trinajstić information content (AvgIpc) is 3.42. The first kappa shape index (κ1) is 20.7. The number of aryl methyl sites for hydroxylation is 1. The molecule has 2 aromatic carbocycles. The van der Waals surface area contributed by atoms with Crippen LogP contribution in [0.3, 0.4) is 0 Å². The number of hydrogen-bond acceptors (Lipinski definition) is 9. The Morgan fingerprint density at radius 1 is 1.19 bits per heavy atom. The number of nitrogens with two attached hydrogens (primary N) is 1. The summed E-state index contributed by atoms with van der Waals surface area (Å²) in [5, 5.41) is 19.4. The first-order valence-electron chi connectivity index (χ1n) is 9.74. The van der Waals surface area contributed by atoms with Crippen LogP contribution in [0.4, 0.5) is 5.82 Å². The average molecular weight is 432 g/mol. The molecule has 0 radical (unpaired) electrons. The summed E-state index contributed by atoms with van der Waals surface area (Å²) >= 11 is 0. The van der Waals surface area contributed by atoms with Crippen molar-refractivity contribution in [1.82, 2.24) is 30.7 Å². The number of carbonyl (C=O) groups is 1. The lowest BCUT2D eigenvalue weighted by Crippen LogP contribution is -2.19. The third kappa shape index (κ3) is 4.31. The number of anilines is 1. The van der Waals surface area contributed by atoms with Crippen molar-refractivity contribution in [3.8, 4) is 22.8 Å². The highest BCUT2D eigenvalue weighted by molar-refractivity contribution is 5.98. The van der Waals surface area contributed by atoms with Crippen LogP contribution in [0.5, 0.6) is 5.75 Å². The molecular formula is C21H20N8O3. The minimum atomic E-state index is -0.557. The Balaban J connectivity index is 1.67. The SMILES string of the molecule is CCOc1ccc(-c2c(C(=O)NN=Cc3ccc(C)cc3)nnn2-c2nonc2N)cc1. The molecule has 0 spiro atoms. The number of nitrogen functional groups attached to an aromatic ring is 1. The summed E-state index contributed by atoms with van der Waals surface area (Å²) in [6.07, 6.45) is 1.54. The van der Waals surface area contributed by atoms with E-state index in [1.807, 2.05) is 38.1 Å². The van der Waals surface area contributed by atoms with E-state index < -0.39 is 5.91 Å². The van der Waals surface area contributed by atoms with E-state index in [1.165, 1.54) is 10.9 Å². The fourth-order valence-electron chi connectivity index (χ4n) is 2.93. The van der Waals surface area contributed by atoms with Gasteiger partial charge in [0.15, 0.2) is 5.69 Å². The van der Waals surface area contributed by atoms with Crippen LogP contribution in [-0.4, -0.2) is 44.0 Å². The van der Waals surface area contributed by atoms with Crippen molar-refractivity contribution >= 4 is 17.9 Å². The summed E-state index contributed by atoms with van der Waals surface area (Å²) in [6, 6.07) is 14.8. The molecule has 0 aliphatic carbocycles. The Morgan fingerprint density at radius 2 is 1.94 bits per heavy atom. The number of benzene rings is 2. The van der Waals surface area contributed by atoms with E-state index in [1.54, 1.807) is 24.3 Å². The number of aromatic nitrogens is 5. The zero-order valence-electron chi connectivity index (χ0n) is 17.4. The fourth-order valence-corrected chi connectivity index (χ4v) is 2.93. The highest BCUT2D eigenvalue weighted by Crippen LogP contribution is 2.28. The lowest BCUT2D eigenvalue weighted by molar-refractivity contribution is 0.0950. The smallest absolute Gasteiger partial charge is 0.294 e. The summed E-state index contributed by atoms with van der Waals surface area (Å²) < 4.78 is 11.5. The van der Waals surface area contributed by atoms with Crippen molar-refractivity contribution in [3.05, 3.63) is 65.4 Å². The third-order valence-electron chi connectivity index (χ3n) is 4.48. The molecule has 11 nitrogen and oxygen atoms in total. The summed E-state index contributed by atoms with van der Waals surface area (Å²) in [4.78, 5) is 12.9. The topological polar surface area (TPSA) is 146 Å². The Morgan fingerprint density at radius 3 is 2.59 bits per heavy atom. The van der Waals surface area contributed by atoms with Gasteiger partial charge in [-0.25, -0.2) is 10.1 Å². The quantitative estimate of drug-likeness (QED) is 0.334. The minimum Gasteiger partial charge on any atom is -0.494 e. The standard InChI is InChI=1S/C21H20N8O3/c1-3-31-16-10-8-15(9-11-16)18-17(24-28-29(18)20-19(22)26-32-27-20)21(30)25-23-12-14-6-4-13(2)5-7-14/h4-12H,3H2,1-2H3,(H2,22,26)(H,25,30). The molecule has 0 aliphatic rings. The Kier molecular flexibility index (Phi) is 5.88. The van der Waals surface area contributed by atoms with Crippen molar-refractivity contribution in [1.29, 1.82) is 0 Å². The van der Waals surface area contributed by atoms with E-state index in [-0.39, 0.29) is 17.3 Å². The lowest BCUT2D eigenvalue weighted by atomic mass is 10.1. The Hall–Kier alpha value is -4.54. The van der Waals surface area contributed by atoms with Gasteiger partial charge in [-0.1, -0.05) is 35.0 Å². The van der Waals surface area contributed by atoms with Crippen molar-refractivity contribution in [3.63, 3.8) is 0 Å². The van der Waals surface area contributed by atoms with Gasteiger partial charge in [0.05, 0.1) is 12.8 Å². The number of carbonyl (C=O) groups excluding carboxylic acids is 1. The monoisotopic (exact) mass is 432 g/mol. The Bertz CT molecular complexity index is 1240. The van der Waals surface area contributed by atoms with Crippen LogP contribution < -0.4 is 15.9 Å². The molecule has 2 heterocycles. The van der Waals surface area contributed by atoms with Crippen LogP contribution in [0.15, 0.2) is 58.3 Å². The van der Waals surface area contributed by atoms with Gasteiger partial charge in [0, 0.05) is 5.56 Å². The van der Waals surface area contributed by atoms with Crippen LogP contribution in [0.2, 0.25) is 0 Å². The maximum Gasteiger partial charge on any atom is 0.294 e. The van der Waals surface area contributed by atoms with E-state index in [0.29, 0.717) is 23.6 Å². The first-order chi connectivity index (χ1) is 15.6. The van der Waals surface area contributed by atoms with E-state index >= 15 is 0 Å². The van der Waals surface area contributed by atoms with Crippen LogP contribution in [0.25, 0.3) is 17.1 Å². The molecule has 0 aliphatic heterocycles. The highest BCUT2D eigenvalue weighted by Gasteiger charge is 2.25. The number of amides is 1. The van der Waals surface area contributed by atoms with Gasteiger partial charge in [0.2, 0.25) is 11.6 Å². The van der Waals surface area contributed by atoms with E-state index in [0.717, 1.165) is 11.1 Å². The molecule has 1 amide bonds. The van der Waals surface area contributed by atoms with Gasteiger partial charge in [-0.3, -0.25) is 4.79 Å². The molecule has 0 atom stereocenters. The normalized spacial score (nSPS) is 11.1. The van der Waals surface area contributed by atoms with E-state index in [4.69, 9.17) is 10.5 Å². The van der Waals surface area contributed by atoms with E-state index in [9.17, 15) is 4.79 Å². The predicted octanol–water partition coefficient (Wildman–Crippen LogP) is 2.37. The number of nitrogens with zero attached hydrogens (tertiary/aromatic N) is 6. The molecular weight excluding hydrogens is 412 g/mol. The fraction of sp³-hybridized carbons (Fsp3) is 0.143. The summed E-state index contributed by atoms with van der Waals surface area (Å²) in [5.41, 5.74) is 11.3. The molecule has 4 rings (SSSR count). The second kappa shape index (κ2) is 9.08. The summed E-state index contributed by atoms with van der Waals surface area (Å²) in [6.45, 7) is 4.42. The van der Waals surface area contributed by atoms with Crippen molar-refractivity contribution in [2.75, 3.05) is 12.3 Å². The molecule has 4 aromatic rings. The van der Waals surface area contributed by atoms with Crippen molar-refractivity contribution < 1.29 is 14.2 Å². The zero-order chi connectivity index (χ0) is 22.5. The van der Waals surface area contributed by atoms with Gasteiger partial charge in [0.1, 0.15) is 11.4 Å². The maximum atomic E-state index is 12.9. The van der Waals surface area contributed by atoms with Crippen molar-refractivity contribution in [2.45, 2.75) is 13.8 Å². The van der Waals surface area contributed by atoms with Crippen LogP contribution in [0, 0.1) is 6.92 Å². The number of ether oxygens (including phenoxy) is 1. The number of rotatable bonds is 7. The molecule has 32 heavy (non-hydrogen) atoms. The molecule has 0 unspecified atom stereocenters. The second-order valence-electron chi connectivity index (χ2n) is 6.74. The summed E-state index contributed by atoms with van der Waals surface area (Å²) in [7, 11) is 0. The van der Waals surface area contributed by atoms with Crippen LogP contribution in [0.1, 0.15) is 28.5 Å². The first-order valence-corrected chi connectivity index (χ1v) is 9.74. The molecule has 0 bridgehead atoms. The lowest BCUT2D eigenvalue weighted by Gasteiger charge is -2.07. The molecule has 11 heteroatoms. The molecule has 3 N–H and O–H groups in total. The predicted molar refractivity (Wildman–Crippen MR) is 116 cm³/mol. The van der Waals surface area contributed by atoms with Gasteiger partial charge in [-0.05, 0) is 54.0 Å². The number of hydrogen-bond donors (Lipinski definition) is 2. The molecule has 2 aromatic heterocycles. The summed E-state index contributed by atoms with van der Waals surface area (Å²) in [5.74, 6) is 0.250. The van der Waals surface area contributed by atoms with Crippen LogP contribution in [-0.2, 0) is 0 Å². The van der Waals surface area contributed by atoms with Gasteiger partial charge in [-0.15, -0.1) is 5.10 Å². The zero-order valence-corrected chi connectivity index (χ0v) is 17.4. The highest BCUT2D eigenvalue weighted by atomic mass is 16.6. The molecule has 0 fully saturated rings. The number of hydrazone groups is 1. The van der Waals surface area contributed by atoms with Crippen LogP contribution >= 0.6 is 0 Å². The second-order valence-corrected chi connectivity index (χ2v) is 6.74. The van der Waals surface area contributed by atoms with E-state index in [2.05, 4.69) is 35.8 Å². The third-order valence-corrected chi connectivity index (χ3v) is 4.48. The maximum absolute atomic E-state index is 12.9. The largest absolute Gasteiger partial charge is 0.494 e. The van der Waals surface area contributed by atoms with Crippen molar-refractivity contribution in [2.24, 2.45) is 5.10 Å². The molecule has 162 valence electrons. The van der Waals surface area contributed by atoms with Gasteiger partial charge in [-0.2, -0.15) is 9.78 Å². The Labute approximate surface area is 182 Å². The minimum absolute atomic E-state index is 0.00596.